The van der Waals surface area contributed by atoms with E-state index in [4.69, 9.17) is 0 Å². The van der Waals surface area contributed by atoms with Crippen LogP contribution >= 0.6 is 11.3 Å². The van der Waals surface area contributed by atoms with Crippen LogP contribution in [-0.2, 0) is 16.0 Å². The second kappa shape index (κ2) is 4.63. The van der Waals surface area contributed by atoms with Gasteiger partial charge in [-0.05, 0) is 12.3 Å². The molecular formula is C9H9NO2S. The second-order valence-electron chi connectivity index (χ2n) is 2.23. The number of aromatic nitrogens is 1. The molecule has 0 aliphatic carbocycles. The first kappa shape index (κ1) is 9.75. The number of carbonyl (C=O) groups excluding carboxylic acids is 1. The lowest BCUT2D eigenvalue weighted by Crippen LogP contribution is -1.94. The lowest BCUT2D eigenvalue weighted by molar-refractivity contribution is -0.133. The van der Waals surface area contributed by atoms with Gasteiger partial charge in [0.05, 0.1) is 7.11 Å². The fourth-order valence-corrected chi connectivity index (χ4v) is 1.39. The summed E-state index contributed by atoms with van der Waals surface area (Å²) in [5.74, 6) is 4.42. The number of nitrogens with zero attached hydrogens (tertiary/aromatic N) is 1. The van der Waals surface area contributed by atoms with Gasteiger partial charge in [-0.2, -0.15) is 0 Å². The van der Waals surface area contributed by atoms with Crippen molar-refractivity contribution in [3.8, 4) is 11.8 Å². The van der Waals surface area contributed by atoms with Crippen molar-refractivity contribution in [2.24, 2.45) is 0 Å². The summed E-state index contributed by atoms with van der Waals surface area (Å²) in [6.45, 7) is 2.05. The van der Waals surface area contributed by atoms with Gasteiger partial charge in [0.25, 0.3) is 0 Å². The zero-order chi connectivity index (χ0) is 9.68. The third kappa shape index (κ3) is 2.88. The molecule has 0 bridgehead atoms. The van der Waals surface area contributed by atoms with Gasteiger partial charge in [-0.3, -0.25) is 0 Å². The van der Waals surface area contributed by atoms with Crippen molar-refractivity contribution in [1.29, 1.82) is 0 Å². The summed E-state index contributed by atoms with van der Waals surface area (Å²) in [4.78, 5) is 15.8. The minimum Gasteiger partial charge on any atom is -0.459 e. The third-order valence-corrected chi connectivity index (χ3v) is 2.42. The first-order chi connectivity index (χ1) is 6.26. The van der Waals surface area contributed by atoms with E-state index in [1.165, 1.54) is 18.4 Å². The van der Waals surface area contributed by atoms with E-state index in [1.807, 2.05) is 6.92 Å². The highest BCUT2D eigenvalue weighted by Crippen LogP contribution is 2.11. The van der Waals surface area contributed by atoms with Gasteiger partial charge in [-0.15, -0.1) is 11.3 Å². The zero-order valence-electron chi connectivity index (χ0n) is 7.46. The van der Waals surface area contributed by atoms with Crippen molar-refractivity contribution in [3.05, 3.63) is 16.1 Å². The lowest BCUT2D eigenvalue weighted by Gasteiger charge is -1.83. The molecule has 0 amide bonds. The summed E-state index contributed by atoms with van der Waals surface area (Å²) in [5.41, 5.74) is 0. The molecular weight excluding hydrogens is 186 g/mol. The molecule has 1 rings (SSSR count). The highest BCUT2D eigenvalue weighted by molar-refractivity contribution is 7.12. The number of hydrogen-bond acceptors (Lipinski definition) is 4. The molecule has 0 unspecified atom stereocenters. The van der Waals surface area contributed by atoms with Crippen LogP contribution in [0.25, 0.3) is 0 Å². The summed E-state index contributed by atoms with van der Waals surface area (Å²) >= 11 is 1.49. The van der Waals surface area contributed by atoms with E-state index in [1.54, 1.807) is 6.20 Å². The van der Waals surface area contributed by atoms with Crippen LogP contribution in [0.4, 0.5) is 0 Å². The molecule has 68 valence electrons. The van der Waals surface area contributed by atoms with Crippen LogP contribution in [-0.4, -0.2) is 18.1 Å². The first-order valence-corrected chi connectivity index (χ1v) is 4.62. The maximum atomic E-state index is 10.6. The normalized spacial score (nSPS) is 8.77. The van der Waals surface area contributed by atoms with Gasteiger partial charge < -0.3 is 4.74 Å². The number of thiazole rings is 1. The smallest absolute Gasteiger partial charge is 0.384 e. The SMILES string of the molecule is CCc1cnc(C#CC(=O)OC)s1. The summed E-state index contributed by atoms with van der Waals surface area (Å²) in [6, 6.07) is 0. The van der Waals surface area contributed by atoms with Crippen molar-refractivity contribution in [2.75, 3.05) is 7.11 Å². The fourth-order valence-electron chi connectivity index (χ4n) is 0.684. The number of esters is 1. The quantitative estimate of drug-likeness (QED) is 0.500. The van der Waals surface area contributed by atoms with Crippen LogP contribution in [0.3, 0.4) is 0 Å². The van der Waals surface area contributed by atoms with Gasteiger partial charge >= 0.3 is 5.97 Å². The molecule has 0 atom stereocenters. The monoisotopic (exact) mass is 195 g/mol. The molecule has 0 aliphatic heterocycles. The molecule has 13 heavy (non-hydrogen) atoms. The maximum absolute atomic E-state index is 10.6. The average molecular weight is 195 g/mol. The Labute approximate surface area is 80.8 Å². The molecule has 0 aliphatic rings. The van der Waals surface area contributed by atoms with E-state index < -0.39 is 5.97 Å². The Morgan fingerprint density at radius 2 is 2.54 bits per heavy atom. The second-order valence-corrected chi connectivity index (χ2v) is 3.34. The van der Waals surface area contributed by atoms with E-state index in [0.717, 1.165) is 11.3 Å². The number of hydrogen-bond donors (Lipinski definition) is 0. The predicted molar refractivity (Wildman–Crippen MR) is 50.4 cm³/mol. The van der Waals surface area contributed by atoms with Crippen molar-refractivity contribution in [1.82, 2.24) is 4.98 Å². The fraction of sp³-hybridized carbons (Fsp3) is 0.333. The van der Waals surface area contributed by atoms with Gasteiger partial charge in [0, 0.05) is 17.0 Å². The zero-order valence-corrected chi connectivity index (χ0v) is 8.27. The van der Waals surface area contributed by atoms with Crippen molar-refractivity contribution in [3.63, 3.8) is 0 Å². The molecule has 1 aromatic heterocycles. The summed E-state index contributed by atoms with van der Waals surface area (Å²) in [7, 11) is 1.30. The Kier molecular flexibility index (Phi) is 3.47. The summed E-state index contributed by atoms with van der Waals surface area (Å²) < 4.78 is 4.37. The maximum Gasteiger partial charge on any atom is 0.384 e. The molecule has 3 nitrogen and oxygen atoms in total. The molecule has 0 aromatic carbocycles. The Morgan fingerprint density at radius 1 is 1.77 bits per heavy atom. The molecule has 0 fully saturated rings. The Hall–Kier alpha value is -1.34. The molecule has 1 heterocycles. The van der Waals surface area contributed by atoms with Crippen molar-refractivity contribution >= 4 is 17.3 Å². The molecule has 1 aromatic rings. The van der Waals surface area contributed by atoms with Crippen molar-refractivity contribution in [2.45, 2.75) is 13.3 Å². The molecule has 0 N–H and O–H groups in total. The topological polar surface area (TPSA) is 39.2 Å². The highest BCUT2D eigenvalue weighted by atomic mass is 32.1. The van der Waals surface area contributed by atoms with E-state index in [2.05, 4.69) is 21.6 Å². The van der Waals surface area contributed by atoms with E-state index in [0.29, 0.717) is 5.01 Å². The largest absolute Gasteiger partial charge is 0.459 e. The van der Waals surface area contributed by atoms with Crippen LogP contribution in [0.1, 0.15) is 16.8 Å². The molecule has 0 spiro atoms. The Morgan fingerprint density at radius 3 is 3.08 bits per heavy atom. The number of aryl methyl sites for hydroxylation is 1. The molecule has 0 saturated carbocycles. The van der Waals surface area contributed by atoms with E-state index in [-0.39, 0.29) is 0 Å². The number of rotatable bonds is 1. The standard InChI is InChI=1S/C9H9NO2S/c1-3-7-6-10-8(13-7)4-5-9(11)12-2/h6H,3H2,1-2H3. The molecule has 0 saturated heterocycles. The summed E-state index contributed by atoms with van der Waals surface area (Å²) in [6.07, 6.45) is 2.71. The van der Waals surface area contributed by atoms with Crippen molar-refractivity contribution < 1.29 is 9.53 Å². The Balaban J connectivity index is 2.72. The van der Waals surface area contributed by atoms with Crippen LogP contribution in [0.15, 0.2) is 6.20 Å². The number of ether oxygens (including phenoxy) is 1. The number of methoxy groups -OCH3 is 1. The van der Waals surface area contributed by atoms with Crippen LogP contribution in [0.2, 0.25) is 0 Å². The third-order valence-electron chi connectivity index (χ3n) is 1.36. The van der Waals surface area contributed by atoms with Gasteiger partial charge in [0.1, 0.15) is 0 Å². The molecule has 0 radical (unpaired) electrons. The summed E-state index contributed by atoms with van der Waals surface area (Å²) in [5, 5.41) is 0.655. The molecule has 4 heteroatoms. The number of carbonyl (C=O) groups is 1. The first-order valence-electron chi connectivity index (χ1n) is 3.81. The van der Waals surface area contributed by atoms with E-state index in [9.17, 15) is 4.79 Å². The van der Waals surface area contributed by atoms with Crippen LogP contribution in [0, 0.1) is 11.8 Å². The minimum atomic E-state index is -0.534. The lowest BCUT2D eigenvalue weighted by atomic mass is 10.4. The van der Waals surface area contributed by atoms with Gasteiger partial charge in [-0.25, -0.2) is 9.78 Å². The van der Waals surface area contributed by atoms with Gasteiger partial charge in [0.15, 0.2) is 5.01 Å². The minimum absolute atomic E-state index is 0.534. The van der Waals surface area contributed by atoms with E-state index >= 15 is 0 Å². The van der Waals surface area contributed by atoms with Gasteiger partial charge in [0.2, 0.25) is 0 Å². The van der Waals surface area contributed by atoms with Gasteiger partial charge in [-0.1, -0.05) is 6.92 Å². The predicted octanol–water partition coefficient (Wildman–Crippen LogP) is 1.23. The van der Waals surface area contributed by atoms with Crippen LogP contribution in [0.5, 0.6) is 0 Å². The average Bonchev–Trinajstić information content (AvgIpc) is 2.61. The van der Waals surface area contributed by atoms with Crippen LogP contribution < -0.4 is 0 Å². The highest BCUT2D eigenvalue weighted by Gasteiger charge is 1.96. The Bertz CT molecular complexity index is 359.